The van der Waals surface area contributed by atoms with Gasteiger partial charge in [0.15, 0.2) is 0 Å². The first kappa shape index (κ1) is 20.8. The number of aromatic nitrogens is 1. The van der Waals surface area contributed by atoms with Gasteiger partial charge in [-0.25, -0.2) is 0 Å². The maximum atomic E-state index is 14.1. The summed E-state index contributed by atoms with van der Waals surface area (Å²) in [7, 11) is 0. The molecule has 168 valence electrons. The van der Waals surface area contributed by atoms with E-state index in [1.807, 2.05) is 29.6 Å². The molecular weight excluding hydrogens is 437 g/mol. The first-order valence-corrected chi connectivity index (χ1v) is 10.1. The number of nitrogens with one attached hydrogen (secondary N) is 1. The van der Waals surface area contributed by atoms with Gasteiger partial charge in [0.05, 0.1) is 22.4 Å². The van der Waals surface area contributed by atoms with Crippen LogP contribution in [0.4, 0.5) is 24.7 Å². The molecule has 2 aliphatic heterocycles. The zero-order valence-electron chi connectivity index (χ0n) is 17.1. The summed E-state index contributed by atoms with van der Waals surface area (Å²) in [5.41, 5.74) is 5.69. The lowest BCUT2D eigenvalue weighted by atomic mass is 9.98. The SMILES string of the molecule is Nc1c2c(cc(=O)n1-c1ccc(N3CCc4ccccc4C3)c(C(F)(F)F)c1)C(=O)NC2=O. The van der Waals surface area contributed by atoms with Gasteiger partial charge in [0.25, 0.3) is 17.4 Å². The zero-order chi connectivity index (χ0) is 23.5. The molecule has 5 rings (SSSR count). The number of rotatable bonds is 2. The number of pyridine rings is 1. The van der Waals surface area contributed by atoms with Crippen LogP contribution in [0.3, 0.4) is 0 Å². The van der Waals surface area contributed by atoms with Gasteiger partial charge in [0.2, 0.25) is 0 Å². The van der Waals surface area contributed by atoms with Crippen molar-refractivity contribution in [1.29, 1.82) is 0 Å². The zero-order valence-corrected chi connectivity index (χ0v) is 17.1. The molecule has 0 atom stereocenters. The highest BCUT2D eigenvalue weighted by Gasteiger charge is 2.37. The summed E-state index contributed by atoms with van der Waals surface area (Å²) in [4.78, 5) is 38.2. The van der Waals surface area contributed by atoms with Crippen LogP contribution in [0.5, 0.6) is 0 Å². The number of anilines is 2. The first-order chi connectivity index (χ1) is 15.6. The van der Waals surface area contributed by atoms with Crippen LogP contribution in [0.1, 0.15) is 37.4 Å². The Morgan fingerprint density at radius 3 is 2.39 bits per heavy atom. The van der Waals surface area contributed by atoms with E-state index >= 15 is 0 Å². The Morgan fingerprint density at radius 2 is 1.67 bits per heavy atom. The molecule has 0 spiro atoms. The van der Waals surface area contributed by atoms with E-state index in [1.165, 1.54) is 12.1 Å². The lowest BCUT2D eigenvalue weighted by Crippen LogP contribution is -2.32. The van der Waals surface area contributed by atoms with Crippen molar-refractivity contribution in [3.05, 3.63) is 86.7 Å². The average molecular weight is 454 g/mol. The number of hydrogen-bond acceptors (Lipinski definition) is 5. The van der Waals surface area contributed by atoms with Crippen LogP contribution < -0.4 is 21.5 Å². The predicted octanol–water partition coefficient (Wildman–Crippen LogP) is 2.88. The predicted molar refractivity (Wildman–Crippen MR) is 114 cm³/mol. The third-order valence-corrected chi connectivity index (χ3v) is 5.97. The van der Waals surface area contributed by atoms with E-state index in [9.17, 15) is 27.6 Å². The molecule has 10 heteroatoms. The number of hydrogen-bond donors (Lipinski definition) is 2. The minimum Gasteiger partial charge on any atom is -0.384 e. The Labute approximate surface area is 185 Å². The number of carbonyl (C=O) groups excluding carboxylic acids is 2. The first-order valence-electron chi connectivity index (χ1n) is 10.1. The van der Waals surface area contributed by atoms with Crippen molar-refractivity contribution in [2.45, 2.75) is 19.1 Å². The molecule has 3 aromatic rings. The van der Waals surface area contributed by atoms with Crippen LogP contribution in [0.25, 0.3) is 5.69 Å². The minimum atomic E-state index is -4.70. The van der Waals surface area contributed by atoms with Crippen LogP contribution in [0, 0.1) is 0 Å². The van der Waals surface area contributed by atoms with Gasteiger partial charge in [0, 0.05) is 24.8 Å². The summed E-state index contributed by atoms with van der Waals surface area (Å²) < 4.78 is 43.0. The molecular formula is C23H17F3N4O3. The Balaban J connectivity index is 1.63. The van der Waals surface area contributed by atoms with Gasteiger partial charge in [-0.2, -0.15) is 13.2 Å². The Morgan fingerprint density at radius 1 is 0.939 bits per heavy atom. The molecule has 2 aromatic carbocycles. The summed E-state index contributed by atoms with van der Waals surface area (Å²) in [6.07, 6.45) is -4.10. The summed E-state index contributed by atoms with van der Waals surface area (Å²) in [5.74, 6) is -1.97. The Kier molecular flexibility index (Phi) is 4.55. The number of carbonyl (C=O) groups is 2. The number of alkyl halides is 3. The number of nitrogens with two attached hydrogens (primary N) is 1. The van der Waals surface area contributed by atoms with Crippen molar-refractivity contribution in [2.75, 3.05) is 17.2 Å². The molecule has 0 saturated heterocycles. The molecule has 0 unspecified atom stereocenters. The fourth-order valence-electron chi connectivity index (χ4n) is 4.41. The highest BCUT2D eigenvalue weighted by Crippen LogP contribution is 2.39. The van der Waals surface area contributed by atoms with E-state index in [-0.39, 0.29) is 22.5 Å². The summed E-state index contributed by atoms with van der Waals surface area (Å²) in [5, 5.41) is 2.03. The molecule has 2 amide bonds. The minimum absolute atomic E-state index is 0.0125. The van der Waals surface area contributed by atoms with Gasteiger partial charge < -0.3 is 10.6 Å². The highest BCUT2D eigenvalue weighted by atomic mass is 19.4. The number of nitrogen functional groups attached to an aromatic ring is 1. The van der Waals surface area contributed by atoms with Gasteiger partial charge in [-0.05, 0) is 35.7 Å². The molecule has 3 heterocycles. The number of imide groups is 1. The van der Waals surface area contributed by atoms with Crippen molar-refractivity contribution in [3.63, 3.8) is 0 Å². The highest BCUT2D eigenvalue weighted by molar-refractivity contribution is 6.23. The Hall–Kier alpha value is -4.08. The lowest BCUT2D eigenvalue weighted by Gasteiger charge is -2.33. The van der Waals surface area contributed by atoms with E-state index < -0.39 is 34.9 Å². The van der Waals surface area contributed by atoms with Crippen LogP contribution in [0.2, 0.25) is 0 Å². The van der Waals surface area contributed by atoms with Crippen molar-refractivity contribution in [3.8, 4) is 5.69 Å². The van der Waals surface area contributed by atoms with Crippen molar-refractivity contribution < 1.29 is 22.8 Å². The third-order valence-electron chi connectivity index (χ3n) is 5.97. The smallest absolute Gasteiger partial charge is 0.384 e. The second kappa shape index (κ2) is 7.22. The summed E-state index contributed by atoms with van der Waals surface area (Å²) in [6, 6.07) is 12.0. The van der Waals surface area contributed by atoms with E-state index in [0.717, 1.165) is 27.8 Å². The van der Waals surface area contributed by atoms with Gasteiger partial charge in [-0.1, -0.05) is 24.3 Å². The molecule has 7 nitrogen and oxygen atoms in total. The van der Waals surface area contributed by atoms with Crippen LogP contribution in [-0.2, 0) is 19.1 Å². The maximum Gasteiger partial charge on any atom is 0.418 e. The second-order valence-electron chi connectivity index (χ2n) is 7.91. The van der Waals surface area contributed by atoms with Gasteiger partial charge in [-0.3, -0.25) is 24.3 Å². The van der Waals surface area contributed by atoms with Crippen LogP contribution in [-0.4, -0.2) is 22.9 Å². The fraction of sp³-hybridized carbons (Fsp3) is 0.174. The van der Waals surface area contributed by atoms with Crippen molar-refractivity contribution in [1.82, 2.24) is 9.88 Å². The number of amides is 2. The largest absolute Gasteiger partial charge is 0.418 e. The molecule has 3 N–H and O–H groups in total. The summed E-state index contributed by atoms with van der Waals surface area (Å²) in [6.45, 7) is 0.727. The topological polar surface area (TPSA) is 97.4 Å². The average Bonchev–Trinajstić information content (AvgIpc) is 3.06. The van der Waals surface area contributed by atoms with Gasteiger partial charge in [0.1, 0.15) is 5.82 Å². The second-order valence-corrected chi connectivity index (χ2v) is 7.91. The molecule has 0 fully saturated rings. The van der Waals surface area contributed by atoms with Crippen molar-refractivity contribution in [2.24, 2.45) is 0 Å². The maximum absolute atomic E-state index is 14.1. The van der Waals surface area contributed by atoms with E-state index in [1.54, 1.807) is 4.90 Å². The number of nitrogens with zero attached hydrogens (tertiary/aromatic N) is 2. The molecule has 2 aliphatic rings. The third kappa shape index (κ3) is 3.34. The number of fused-ring (bicyclic) bond motifs is 2. The fourth-order valence-corrected chi connectivity index (χ4v) is 4.41. The molecule has 0 bridgehead atoms. The van der Waals surface area contributed by atoms with E-state index in [2.05, 4.69) is 0 Å². The standard InChI is InChI=1S/C23H17F3N4O3/c24-23(25,26)16-9-14(30-18(31)10-15-19(20(30)27)22(33)28-21(15)32)5-6-17(16)29-8-7-12-3-1-2-4-13(12)11-29/h1-6,9-10H,7-8,11,27H2,(H,28,32,33). The lowest BCUT2D eigenvalue weighted by molar-refractivity contribution is -0.137. The van der Waals surface area contributed by atoms with Gasteiger partial charge in [-0.15, -0.1) is 0 Å². The van der Waals surface area contributed by atoms with Crippen molar-refractivity contribution >= 4 is 23.3 Å². The molecule has 0 aliphatic carbocycles. The molecule has 1 aromatic heterocycles. The molecule has 33 heavy (non-hydrogen) atoms. The van der Waals surface area contributed by atoms with Crippen LogP contribution >= 0.6 is 0 Å². The quantitative estimate of drug-likeness (QED) is 0.581. The molecule has 0 radical (unpaired) electrons. The van der Waals surface area contributed by atoms with Crippen LogP contribution in [0.15, 0.2) is 53.3 Å². The number of halogens is 3. The summed E-state index contributed by atoms with van der Waals surface area (Å²) >= 11 is 0. The van der Waals surface area contributed by atoms with Gasteiger partial charge >= 0.3 is 6.18 Å². The normalized spacial score (nSPS) is 15.3. The Bertz CT molecular complexity index is 1390. The molecule has 0 saturated carbocycles. The van der Waals surface area contributed by atoms with E-state index in [4.69, 9.17) is 5.73 Å². The van der Waals surface area contributed by atoms with E-state index in [0.29, 0.717) is 19.5 Å². The number of benzene rings is 2. The monoisotopic (exact) mass is 454 g/mol.